The first-order valence-electron chi connectivity index (χ1n) is 6.80. The summed E-state index contributed by atoms with van der Waals surface area (Å²) >= 11 is 0. The van der Waals surface area contributed by atoms with Crippen LogP contribution in [0.5, 0.6) is 5.75 Å². The SMILES string of the molecule is COc1ccc(NC(=O)C[C@@H]2CCC[C@H]2N)c(C)c1. The molecule has 0 saturated heterocycles. The molecule has 2 rings (SSSR count). The Bertz CT molecular complexity index is 459. The van der Waals surface area contributed by atoms with Crippen molar-refractivity contribution in [1.82, 2.24) is 0 Å². The number of ether oxygens (including phenoxy) is 1. The first kappa shape index (κ1) is 13.9. The predicted molar refractivity (Wildman–Crippen MR) is 76.3 cm³/mol. The van der Waals surface area contributed by atoms with E-state index in [9.17, 15) is 4.79 Å². The fraction of sp³-hybridized carbons (Fsp3) is 0.533. The summed E-state index contributed by atoms with van der Waals surface area (Å²) in [6.07, 6.45) is 3.77. The van der Waals surface area contributed by atoms with Gasteiger partial charge >= 0.3 is 0 Å². The van der Waals surface area contributed by atoms with Crippen LogP contribution in [0.25, 0.3) is 0 Å². The van der Waals surface area contributed by atoms with Crippen LogP contribution in [0.4, 0.5) is 5.69 Å². The van der Waals surface area contributed by atoms with Gasteiger partial charge in [-0.1, -0.05) is 6.42 Å². The van der Waals surface area contributed by atoms with Gasteiger partial charge in [-0.15, -0.1) is 0 Å². The van der Waals surface area contributed by atoms with Gasteiger partial charge in [-0.3, -0.25) is 4.79 Å². The van der Waals surface area contributed by atoms with Crippen molar-refractivity contribution >= 4 is 11.6 Å². The molecular formula is C15H22N2O2. The molecule has 4 nitrogen and oxygen atoms in total. The Hall–Kier alpha value is -1.55. The minimum Gasteiger partial charge on any atom is -0.497 e. The van der Waals surface area contributed by atoms with E-state index in [4.69, 9.17) is 10.5 Å². The Balaban J connectivity index is 1.95. The predicted octanol–water partition coefficient (Wildman–Crippen LogP) is 2.46. The number of carbonyl (C=O) groups excluding carboxylic acids is 1. The average molecular weight is 262 g/mol. The number of aryl methyl sites for hydroxylation is 1. The van der Waals surface area contributed by atoms with Crippen molar-refractivity contribution in [2.45, 2.75) is 38.6 Å². The van der Waals surface area contributed by atoms with Crippen LogP contribution in [0.1, 0.15) is 31.2 Å². The maximum absolute atomic E-state index is 12.0. The number of methoxy groups -OCH3 is 1. The lowest BCUT2D eigenvalue weighted by Gasteiger charge is -2.15. The van der Waals surface area contributed by atoms with Gasteiger partial charge < -0.3 is 15.8 Å². The highest BCUT2D eigenvalue weighted by Crippen LogP contribution is 2.27. The van der Waals surface area contributed by atoms with Crippen LogP contribution in [-0.2, 0) is 4.79 Å². The lowest BCUT2D eigenvalue weighted by molar-refractivity contribution is -0.117. The third-order valence-corrected chi connectivity index (χ3v) is 3.87. The molecule has 0 unspecified atom stereocenters. The molecule has 1 fully saturated rings. The lowest BCUT2D eigenvalue weighted by Crippen LogP contribution is -2.28. The van der Waals surface area contributed by atoms with Crippen molar-refractivity contribution in [3.05, 3.63) is 23.8 Å². The molecule has 0 aromatic heterocycles. The molecular weight excluding hydrogens is 240 g/mol. The van der Waals surface area contributed by atoms with Gasteiger partial charge in [0.05, 0.1) is 7.11 Å². The van der Waals surface area contributed by atoms with Crippen LogP contribution < -0.4 is 15.8 Å². The summed E-state index contributed by atoms with van der Waals surface area (Å²) < 4.78 is 5.15. The van der Waals surface area contributed by atoms with Gasteiger partial charge in [-0.05, 0) is 49.4 Å². The number of hydrogen-bond donors (Lipinski definition) is 2. The van der Waals surface area contributed by atoms with Gasteiger partial charge in [-0.2, -0.15) is 0 Å². The van der Waals surface area contributed by atoms with Crippen molar-refractivity contribution in [1.29, 1.82) is 0 Å². The van der Waals surface area contributed by atoms with E-state index in [0.717, 1.165) is 36.3 Å². The van der Waals surface area contributed by atoms with E-state index in [0.29, 0.717) is 12.3 Å². The van der Waals surface area contributed by atoms with Crippen LogP contribution in [0.2, 0.25) is 0 Å². The van der Waals surface area contributed by atoms with E-state index in [2.05, 4.69) is 5.32 Å². The molecule has 1 aromatic carbocycles. The van der Waals surface area contributed by atoms with E-state index in [1.165, 1.54) is 0 Å². The molecule has 3 N–H and O–H groups in total. The first-order valence-corrected chi connectivity index (χ1v) is 6.80. The summed E-state index contributed by atoms with van der Waals surface area (Å²) in [5.41, 5.74) is 7.84. The zero-order valence-corrected chi connectivity index (χ0v) is 11.6. The number of anilines is 1. The molecule has 0 aliphatic heterocycles. The minimum atomic E-state index is 0.0515. The highest BCUT2D eigenvalue weighted by Gasteiger charge is 2.26. The number of hydrogen-bond acceptors (Lipinski definition) is 3. The van der Waals surface area contributed by atoms with Crippen molar-refractivity contribution < 1.29 is 9.53 Å². The number of benzene rings is 1. The van der Waals surface area contributed by atoms with E-state index in [1.54, 1.807) is 7.11 Å². The summed E-state index contributed by atoms with van der Waals surface area (Å²) in [4.78, 5) is 12.0. The third kappa shape index (κ3) is 3.47. The monoisotopic (exact) mass is 262 g/mol. The van der Waals surface area contributed by atoms with Crippen LogP contribution in [-0.4, -0.2) is 19.1 Å². The normalized spacial score (nSPS) is 22.3. The maximum atomic E-state index is 12.0. The summed E-state index contributed by atoms with van der Waals surface area (Å²) in [7, 11) is 1.63. The van der Waals surface area contributed by atoms with Gasteiger partial charge in [-0.25, -0.2) is 0 Å². The van der Waals surface area contributed by atoms with E-state index < -0.39 is 0 Å². The van der Waals surface area contributed by atoms with Crippen LogP contribution >= 0.6 is 0 Å². The molecule has 0 bridgehead atoms. The Kier molecular flexibility index (Phi) is 4.43. The molecule has 4 heteroatoms. The number of nitrogens with two attached hydrogens (primary N) is 1. The summed E-state index contributed by atoms with van der Waals surface area (Å²) in [6.45, 7) is 1.96. The molecule has 1 aliphatic carbocycles. The maximum Gasteiger partial charge on any atom is 0.224 e. The number of rotatable bonds is 4. The number of carbonyl (C=O) groups is 1. The second kappa shape index (κ2) is 6.06. The topological polar surface area (TPSA) is 64.3 Å². The van der Waals surface area contributed by atoms with Gasteiger partial charge in [0.15, 0.2) is 0 Å². The van der Waals surface area contributed by atoms with Crippen LogP contribution in [0.15, 0.2) is 18.2 Å². The molecule has 1 aromatic rings. The molecule has 0 spiro atoms. The molecule has 2 atom stereocenters. The summed E-state index contributed by atoms with van der Waals surface area (Å²) in [5.74, 6) is 1.18. The van der Waals surface area contributed by atoms with Crippen LogP contribution in [0, 0.1) is 12.8 Å². The van der Waals surface area contributed by atoms with Gasteiger partial charge in [0.2, 0.25) is 5.91 Å². The molecule has 1 amide bonds. The molecule has 19 heavy (non-hydrogen) atoms. The zero-order chi connectivity index (χ0) is 13.8. The fourth-order valence-corrected chi connectivity index (χ4v) is 2.66. The summed E-state index contributed by atoms with van der Waals surface area (Å²) in [6, 6.07) is 5.82. The molecule has 0 radical (unpaired) electrons. The molecule has 1 aliphatic rings. The smallest absolute Gasteiger partial charge is 0.224 e. The van der Waals surface area contributed by atoms with Gasteiger partial charge in [0.1, 0.15) is 5.75 Å². The van der Waals surface area contributed by atoms with E-state index in [-0.39, 0.29) is 11.9 Å². The van der Waals surface area contributed by atoms with Crippen molar-refractivity contribution in [3.8, 4) is 5.75 Å². The lowest BCUT2D eigenvalue weighted by atomic mass is 10.00. The standard InChI is InChI=1S/C15H22N2O2/c1-10-8-12(19-2)6-7-14(10)17-15(18)9-11-4-3-5-13(11)16/h6-8,11,13H,3-5,9,16H2,1-2H3,(H,17,18)/t11-,13+/m0/s1. The largest absolute Gasteiger partial charge is 0.497 e. The minimum absolute atomic E-state index is 0.0515. The highest BCUT2D eigenvalue weighted by atomic mass is 16.5. The Morgan fingerprint density at radius 3 is 2.84 bits per heavy atom. The molecule has 104 valence electrons. The fourth-order valence-electron chi connectivity index (χ4n) is 2.66. The number of amides is 1. The molecule has 0 heterocycles. The van der Waals surface area contributed by atoms with Crippen LogP contribution in [0.3, 0.4) is 0 Å². The van der Waals surface area contributed by atoms with E-state index in [1.807, 2.05) is 25.1 Å². The van der Waals surface area contributed by atoms with Crippen molar-refractivity contribution in [2.75, 3.05) is 12.4 Å². The third-order valence-electron chi connectivity index (χ3n) is 3.87. The second-order valence-electron chi connectivity index (χ2n) is 5.29. The second-order valence-corrected chi connectivity index (χ2v) is 5.29. The first-order chi connectivity index (χ1) is 9.10. The average Bonchev–Trinajstić information content (AvgIpc) is 2.77. The molecule has 1 saturated carbocycles. The highest BCUT2D eigenvalue weighted by molar-refractivity contribution is 5.91. The van der Waals surface area contributed by atoms with Gasteiger partial charge in [0, 0.05) is 18.2 Å². The Labute approximate surface area is 114 Å². The van der Waals surface area contributed by atoms with Gasteiger partial charge in [0.25, 0.3) is 0 Å². The van der Waals surface area contributed by atoms with E-state index >= 15 is 0 Å². The van der Waals surface area contributed by atoms with Crippen molar-refractivity contribution in [3.63, 3.8) is 0 Å². The van der Waals surface area contributed by atoms with Crippen molar-refractivity contribution in [2.24, 2.45) is 11.7 Å². The Morgan fingerprint density at radius 1 is 1.47 bits per heavy atom. The number of nitrogens with one attached hydrogen (secondary N) is 1. The quantitative estimate of drug-likeness (QED) is 0.876. The zero-order valence-electron chi connectivity index (χ0n) is 11.6. The summed E-state index contributed by atoms with van der Waals surface area (Å²) in [5, 5.41) is 2.96. The Morgan fingerprint density at radius 2 is 2.26 bits per heavy atom.